The van der Waals surface area contributed by atoms with Gasteiger partial charge in [-0.25, -0.2) is 4.98 Å². The Hall–Kier alpha value is -2.05. The molecular weight excluding hydrogens is 284 g/mol. The number of thiazole rings is 1. The molecule has 0 atom stereocenters. The smallest absolute Gasteiger partial charge is 0.277 e. The van der Waals surface area contributed by atoms with Crippen LogP contribution in [0.1, 0.15) is 17.5 Å². The zero-order valence-corrected chi connectivity index (χ0v) is 12.6. The second kappa shape index (κ2) is 6.15. The summed E-state index contributed by atoms with van der Waals surface area (Å²) in [5, 5.41) is 6.93. The zero-order chi connectivity index (χ0) is 14.7. The highest BCUT2D eigenvalue weighted by molar-refractivity contribution is 7.09. The van der Waals surface area contributed by atoms with Crippen molar-refractivity contribution in [2.45, 2.75) is 19.8 Å². The van der Waals surface area contributed by atoms with Crippen LogP contribution in [0.5, 0.6) is 0 Å². The monoisotopic (exact) mass is 300 g/mol. The third-order valence-electron chi connectivity index (χ3n) is 3.18. The van der Waals surface area contributed by atoms with E-state index in [2.05, 4.69) is 34.2 Å². The van der Waals surface area contributed by atoms with Crippen LogP contribution >= 0.6 is 11.3 Å². The first-order chi connectivity index (χ1) is 10.3. The first-order valence-corrected chi connectivity index (χ1v) is 7.76. The lowest BCUT2D eigenvalue weighted by atomic mass is 10.1. The van der Waals surface area contributed by atoms with Crippen LogP contribution in [0.3, 0.4) is 0 Å². The number of benzene rings is 1. The van der Waals surface area contributed by atoms with Gasteiger partial charge in [-0.15, -0.1) is 11.3 Å². The van der Waals surface area contributed by atoms with Gasteiger partial charge in [0.25, 0.3) is 5.89 Å². The third kappa shape index (κ3) is 3.01. The van der Waals surface area contributed by atoms with Gasteiger partial charge in [0.15, 0.2) is 0 Å². The van der Waals surface area contributed by atoms with E-state index in [4.69, 9.17) is 10.3 Å². The first-order valence-electron chi connectivity index (χ1n) is 6.88. The van der Waals surface area contributed by atoms with Gasteiger partial charge in [0.1, 0.15) is 5.69 Å². The van der Waals surface area contributed by atoms with E-state index in [9.17, 15) is 0 Å². The van der Waals surface area contributed by atoms with E-state index in [1.807, 2.05) is 17.5 Å². The summed E-state index contributed by atoms with van der Waals surface area (Å²) in [6, 6.07) is 8.17. The predicted octanol–water partition coefficient (Wildman–Crippen LogP) is 2.92. The molecule has 21 heavy (non-hydrogen) atoms. The third-order valence-corrected chi connectivity index (χ3v) is 4.08. The summed E-state index contributed by atoms with van der Waals surface area (Å²) >= 11 is 1.56. The molecule has 6 heteroatoms. The Morgan fingerprint density at radius 2 is 2.00 bits per heavy atom. The van der Waals surface area contributed by atoms with Gasteiger partial charge < -0.3 is 10.3 Å². The highest BCUT2D eigenvalue weighted by atomic mass is 32.1. The Morgan fingerprint density at radius 3 is 2.71 bits per heavy atom. The van der Waals surface area contributed by atoms with Crippen LogP contribution in [0.2, 0.25) is 0 Å². The highest BCUT2D eigenvalue weighted by Crippen LogP contribution is 2.24. The molecule has 5 nitrogen and oxygen atoms in total. The van der Waals surface area contributed by atoms with Gasteiger partial charge in [-0.2, -0.15) is 4.98 Å². The Balaban J connectivity index is 1.84. The number of aromatic nitrogens is 3. The maximum Gasteiger partial charge on any atom is 0.277 e. The van der Waals surface area contributed by atoms with E-state index < -0.39 is 0 Å². The van der Waals surface area contributed by atoms with Crippen molar-refractivity contribution in [1.82, 2.24) is 15.1 Å². The topological polar surface area (TPSA) is 77.8 Å². The van der Waals surface area contributed by atoms with E-state index in [0.717, 1.165) is 23.4 Å². The average molecular weight is 300 g/mol. The standard InChI is InChI=1S/C15H16N4OS/c1-2-10-3-5-11(6-4-10)14-18-15(20-19-14)12-9-21-13(17-12)7-8-16/h3-6,9H,2,7-8,16H2,1H3. The lowest BCUT2D eigenvalue weighted by Crippen LogP contribution is -2.01. The lowest BCUT2D eigenvalue weighted by Gasteiger charge is -1.97. The quantitative estimate of drug-likeness (QED) is 0.784. The maximum absolute atomic E-state index is 5.53. The van der Waals surface area contributed by atoms with Crippen molar-refractivity contribution in [1.29, 1.82) is 0 Å². The number of rotatable bonds is 5. The molecule has 3 aromatic rings. The van der Waals surface area contributed by atoms with Gasteiger partial charge in [-0.3, -0.25) is 0 Å². The van der Waals surface area contributed by atoms with Crippen molar-refractivity contribution in [2.24, 2.45) is 5.73 Å². The van der Waals surface area contributed by atoms with Crippen molar-refractivity contribution in [2.75, 3.05) is 6.54 Å². The van der Waals surface area contributed by atoms with Crippen LogP contribution in [-0.4, -0.2) is 21.7 Å². The molecule has 2 N–H and O–H groups in total. The van der Waals surface area contributed by atoms with E-state index in [-0.39, 0.29) is 0 Å². The molecule has 0 radical (unpaired) electrons. The fraction of sp³-hybridized carbons (Fsp3) is 0.267. The summed E-state index contributed by atoms with van der Waals surface area (Å²) in [6.07, 6.45) is 1.78. The van der Waals surface area contributed by atoms with E-state index in [1.54, 1.807) is 11.3 Å². The molecule has 3 rings (SSSR count). The van der Waals surface area contributed by atoms with Crippen molar-refractivity contribution in [3.05, 3.63) is 40.2 Å². The maximum atomic E-state index is 5.53. The average Bonchev–Trinajstić information content (AvgIpc) is 3.16. The van der Waals surface area contributed by atoms with Crippen LogP contribution in [-0.2, 0) is 12.8 Å². The van der Waals surface area contributed by atoms with Crippen LogP contribution in [0.4, 0.5) is 0 Å². The van der Waals surface area contributed by atoms with Crippen LogP contribution in [0, 0.1) is 0 Å². The SMILES string of the molecule is CCc1ccc(-c2noc(-c3csc(CCN)n3)n2)cc1. The summed E-state index contributed by atoms with van der Waals surface area (Å²) in [4.78, 5) is 8.86. The second-order valence-electron chi connectivity index (χ2n) is 4.64. The van der Waals surface area contributed by atoms with Gasteiger partial charge in [0.05, 0.1) is 5.01 Å². The van der Waals surface area contributed by atoms with Gasteiger partial charge in [0, 0.05) is 17.4 Å². The lowest BCUT2D eigenvalue weighted by molar-refractivity contribution is 0.431. The summed E-state index contributed by atoms with van der Waals surface area (Å²) in [5.74, 6) is 1.03. The van der Waals surface area contributed by atoms with Gasteiger partial charge in [-0.1, -0.05) is 36.3 Å². The van der Waals surface area contributed by atoms with Gasteiger partial charge in [0.2, 0.25) is 5.82 Å². The molecule has 2 aromatic heterocycles. The van der Waals surface area contributed by atoms with Crippen molar-refractivity contribution in [3.8, 4) is 23.0 Å². The number of nitrogens with two attached hydrogens (primary N) is 1. The second-order valence-corrected chi connectivity index (χ2v) is 5.58. The fourth-order valence-electron chi connectivity index (χ4n) is 1.98. The largest absolute Gasteiger partial charge is 0.332 e. The summed E-state index contributed by atoms with van der Waals surface area (Å²) in [7, 11) is 0. The van der Waals surface area contributed by atoms with Gasteiger partial charge in [-0.05, 0) is 18.5 Å². The number of nitrogens with zero attached hydrogens (tertiary/aromatic N) is 3. The number of aryl methyl sites for hydroxylation is 1. The van der Waals surface area contributed by atoms with Crippen LogP contribution in [0.25, 0.3) is 23.0 Å². The Morgan fingerprint density at radius 1 is 1.19 bits per heavy atom. The minimum atomic E-state index is 0.448. The normalized spacial score (nSPS) is 11.0. The van der Waals surface area contributed by atoms with E-state index >= 15 is 0 Å². The molecule has 0 fully saturated rings. The van der Waals surface area contributed by atoms with E-state index in [0.29, 0.717) is 24.0 Å². The summed E-state index contributed by atoms with van der Waals surface area (Å²) in [6.45, 7) is 2.72. The fourth-order valence-corrected chi connectivity index (χ4v) is 2.77. The molecule has 0 unspecified atom stereocenters. The molecule has 0 aliphatic rings. The molecule has 0 bridgehead atoms. The van der Waals surface area contributed by atoms with Crippen molar-refractivity contribution < 1.29 is 4.52 Å². The van der Waals surface area contributed by atoms with Crippen LogP contribution < -0.4 is 5.73 Å². The molecular formula is C15H16N4OS. The molecule has 0 aliphatic carbocycles. The van der Waals surface area contributed by atoms with Crippen molar-refractivity contribution in [3.63, 3.8) is 0 Å². The van der Waals surface area contributed by atoms with Gasteiger partial charge >= 0.3 is 0 Å². The predicted molar refractivity (Wildman–Crippen MR) is 83.0 cm³/mol. The Kier molecular flexibility index (Phi) is 4.08. The van der Waals surface area contributed by atoms with Crippen molar-refractivity contribution >= 4 is 11.3 Å². The Labute approximate surface area is 126 Å². The summed E-state index contributed by atoms with van der Waals surface area (Å²) in [5.41, 5.74) is 8.47. The Bertz CT molecular complexity index is 717. The molecule has 0 spiro atoms. The number of hydrogen-bond acceptors (Lipinski definition) is 6. The first kappa shape index (κ1) is 13.9. The molecule has 0 saturated heterocycles. The highest BCUT2D eigenvalue weighted by Gasteiger charge is 2.13. The molecule has 1 aromatic carbocycles. The molecule has 108 valence electrons. The minimum absolute atomic E-state index is 0.448. The van der Waals surface area contributed by atoms with Crippen LogP contribution in [0.15, 0.2) is 34.2 Å². The molecule has 0 aliphatic heterocycles. The molecule has 0 saturated carbocycles. The minimum Gasteiger partial charge on any atom is -0.332 e. The van der Waals surface area contributed by atoms with E-state index in [1.165, 1.54) is 5.56 Å². The number of hydrogen-bond donors (Lipinski definition) is 1. The molecule has 0 amide bonds. The molecule has 2 heterocycles. The zero-order valence-electron chi connectivity index (χ0n) is 11.7. The summed E-state index contributed by atoms with van der Waals surface area (Å²) < 4.78 is 5.30.